The van der Waals surface area contributed by atoms with Crippen LogP contribution in [0.3, 0.4) is 0 Å². The number of furan rings is 3. The van der Waals surface area contributed by atoms with E-state index < -0.39 is 0 Å². The van der Waals surface area contributed by atoms with Crippen LogP contribution in [0.4, 0.5) is 0 Å². The van der Waals surface area contributed by atoms with Gasteiger partial charge in [0, 0.05) is 48.6 Å². The van der Waals surface area contributed by atoms with E-state index >= 15 is 0 Å². The zero-order valence-electron chi connectivity index (χ0n) is 31.0. The molecule has 58 heavy (non-hydrogen) atoms. The minimum Gasteiger partial charge on any atom is -0.456 e. The Hall–Kier alpha value is -7.82. The second-order valence-corrected chi connectivity index (χ2v) is 15.3. The summed E-state index contributed by atoms with van der Waals surface area (Å²) in [5.74, 6) is 0. The zero-order valence-corrected chi connectivity index (χ0v) is 31.0. The molecule has 0 radical (unpaired) electrons. The van der Waals surface area contributed by atoms with E-state index in [0.29, 0.717) is 0 Å². The maximum atomic E-state index is 6.64. The minimum atomic E-state index is 0.865. The van der Waals surface area contributed by atoms with Crippen LogP contribution in [0.5, 0.6) is 0 Å². The molecule has 0 atom stereocenters. The van der Waals surface area contributed by atoms with Gasteiger partial charge in [-0.2, -0.15) is 0 Å². The monoisotopic (exact) mass is 741 g/mol. The van der Waals surface area contributed by atoms with Gasteiger partial charge in [0.1, 0.15) is 27.9 Å². The van der Waals surface area contributed by atoms with E-state index in [-0.39, 0.29) is 0 Å². The summed E-state index contributed by atoms with van der Waals surface area (Å²) in [6.45, 7) is 0. The third kappa shape index (κ3) is 4.69. The fourth-order valence-corrected chi connectivity index (χ4v) is 9.09. The number of H-pyrrole nitrogens is 1. The Morgan fingerprint density at radius 1 is 0.259 bits per heavy atom. The maximum Gasteiger partial charge on any atom is 0.159 e. The summed E-state index contributed by atoms with van der Waals surface area (Å²) >= 11 is 0. The predicted molar refractivity (Wildman–Crippen MR) is 239 cm³/mol. The van der Waals surface area contributed by atoms with Gasteiger partial charge in [0.05, 0.1) is 5.52 Å². The van der Waals surface area contributed by atoms with Gasteiger partial charge in [-0.3, -0.25) is 0 Å². The summed E-state index contributed by atoms with van der Waals surface area (Å²) in [5, 5.41) is 8.94. The van der Waals surface area contributed by atoms with Crippen molar-refractivity contribution in [2.45, 2.75) is 0 Å². The molecular formula is C54H31NO3. The molecule has 0 amide bonds. The molecule has 13 rings (SSSR count). The average molecular weight is 742 g/mol. The Kier molecular flexibility index (Phi) is 6.41. The average Bonchev–Trinajstić information content (AvgIpc) is 4.05. The van der Waals surface area contributed by atoms with Gasteiger partial charge in [0.25, 0.3) is 0 Å². The summed E-state index contributed by atoms with van der Waals surface area (Å²) in [6, 6.07) is 64.5. The molecule has 0 spiro atoms. The first-order valence-electron chi connectivity index (χ1n) is 19.6. The standard InChI is InChI=1S/C54H31NO3/c1-3-7-31(8-4-1)33-12-20-48-43(26-33)45-29-37(14-22-50(45)56-48)35-11-19-47-41(25-35)39-17-18-40-42-28-36(16-24-52(42)58-54(40)53(39)55-47)38-15-23-51-46(30-38)44-27-34(13-21-49(44)57-51)32-9-5-2-6-10-32/h1-30,55H. The van der Waals surface area contributed by atoms with Gasteiger partial charge in [0.15, 0.2) is 5.58 Å². The predicted octanol–water partition coefficient (Wildman–Crippen LogP) is 15.7. The molecule has 0 unspecified atom stereocenters. The van der Waals surface area contributed by atoms with Crippen molar-refractivity contribution in [3.05, 3.63) is 182 Å². The van der Waals surface area contributed by atoms with Crippen molar-refractivity contribution >= 4 is 87.6 Å². The Balaban J connectivity index is 0.892. The van der Waals surface area contributed by atoms with Gasteiger partial charge in [0.2, 0.25) is 0 Å². The van der Waals surface area contributed by atoms with Crippen LogP contribution in [-0.2, 0) is 0 Å². The van der Waals surface area contributed by atoms with Crippen molar-refractivity contribution < 1.29 is 13.3 Å². The van der Waals surface area contributed by atoms with E-state index in [0.717, 1.165) is 110 Å². The third-order valence-electron chi connectivity index (χ3n) is 12.0. The molecule has 270 valence electrons. The summed E-state index contributed by atoms with van der Waals surface area (Å²) in [4.78, 5) is 3.71. The quantitative estimate of drug-likeness (QED) is 0.195. The van der Waals surface area contributed by atoms with E-state index in [2.05, 4.69) is 175 Å². The van der Waals surface area contributed by atoms with Crippen LogP contribution >= 0.6 is 0 Å². The molecule has 0 saturated heterocycles. The van der Waals surface area contributed by atoms with E-state index in [1.54, 1.807) is 0 Å². The van der Waals surface area contributed by atoms with Gasteiger partial charge >= 0.3 is 0 Å². The fourth-order valence-electron chi connectivity index (χ4n) is 9.09. The number of hydrogen-bond acceptors (Lipinski definition) is 3. The molecule has 0 saturated carbocycles. The largest absolute Gasteiger partial charge is 0.456 e. The molecule has 0 fully saturated rings. The molecule has 4 aromatic heterocycles. The van der Waals surface area contributed by atoms with Crippen LogP contribution in [0.15, 0.2) is 195 Å². The summed E-state index contributed by atoms with van der Waals surface area (Å²) < 4.78 is 19.2. The zero-order chi connectivity index (χ0) is 37.9. The van der Waals surface area contributed by atoms with E-state index in [4.69, 9.17) is 13.3 Å². The Bertz CT molecular complexity index is 3540. The number of hydrogen-bond donors (Lipinski definition) is 1. The van der Waals surface area contributed by atoms with E-state index in [9.17, 15) is 0 Å². The molecule has 1 N–H and O–H groups in total. The summed E-state index contributed by atoms with van der Waals surface area (Å²) in [5.41, 5.74) is 16.7. The van der Waals surface area contributed by atoms with Gasteiger partial charge in [-0.15, -0.1) is 0 Å². The number of nitrogens with one attached hydrogen (secondary N) is 1. The molecule has 9 aromatic carbocycles. The van der Waals surface area contributed by atoms with Crippen molar-refractivity contribution in [1.82, 2.24) is 4.98 Å². The highest BCUT2D eigenvalue weighted by Crippen LogP contribution is 2.41. The molecule has 0 aliphatic rings. The maximum absolute atomic E-state index is 6.64. The van der Waals surface area contributed by atoms with Crippen LogP contribution < -0.4 is 0 Å². The summed E-state index contributed by atoms with van der Waals surface area (Å²) in [7, 11) is 0. The van der Waals surface area contributed by atoms with Crippen molar-refractivity contribution in [2.24, 2.45) is 0 Å². The first-order chi connectivity index (χ1) is 28.7. The van der Waals surface area contributed by atoms with Gasteiger partial charge in [-0.05, 0) is 123 Å². The number of rotatable bonds is 4. The highest BCUT2D eigenvalue weighted by molar-refractivity contribution is 6.21. The second-order valence-electron chi connectivity index (χ2n) is 15.3. The van der Waals surface area contributed by atoms with Crippen LogP contribution in [0, 0.1) is 0 Å². The molecule has 0 aliphatic heterocycles. The van der Waals surface area contributed by atoms with Crippen molar-refractivity contribution in [3.8, 4) is 44.5 Å². The van der Waals surface area contributed by atoms with Crippen molar-refractivity contribution in [2.75, 3.05) is 0 Å². The smallest absolute Gasteiger partial charge is 0.159 e. The molecule has 0 bridgehead atoms. The van der Waals surface area contributed by atoms with Crippen LogP contribution in [0.2, 0.25) is 0 Å². The highest BCUT2D eigenvalue weighted by atomic mass is 16.3. The van der Waals surface area contributed by atoms with Crippen LogP contribution in [0.25, 0.3) is 132 Å². The second kappa shape index (κ2) is 11.8. The first kappa shape index (κ1) is 31.4. The Morgan fingerprint density at radius 3 is 1.09 bits per heavy atom. The molecule has 4 heterocycles. The number of fused-ring (bicyclic) bond motifs is 13. The number of benzene rings is 9. The number of aromatic nitrogens is 1. The van der Waals surface area contributed by atoms with Crippen LogP contribution in [-0.4, -0.2) is 4.98 Å². The molecular weight excluding hydrogens is 711 g/mol. The third-order valence-corrected chi connectivity index (χ3v) is 12.0. The fraction of sp³-hybridized carbons (Fsp3) is 0. The topological polar surface area (TPSA) is 55.2 Å². The van der Waals surface area contributed by atoms with Gasteiger partial charge in [-0.1, -0.05) is 103 Å². The van der Waals surface area contributed by atoms with Gasteiger partial charge in [-0.25, -0.2) is 0 Å². The van der Waals surface area contributed by atoms with Gasteiger partial charge < -0.3 is 18.2 Å². The van der Waals surface area contributed by atoms with E-state index in [1.165, 1.54) is 22.3 Å². The van der Waals surface area contributed by atoms with Crippen molar-refractivity contribution in [3.63, 3.8) is 0 Å². The lowest BCUT2D eigenvalue weighted by molar-refractivity contribution is 0.668. The van der Waals surface area contributed by atoms with Crippen molar-refractivity contribution in [1.29, 1.82) is 0 Å². The molecule has 4 heteroatoms. The lowest BCUT2D eigenvalue weighted by atomic mass is 9.98. The minimum absolute atomic E-state index is 0.865. The SMILES string of the molecule is c1ccc(-c2ccc3oc4ccc(-c5ccc6[nH]c7c(ccc8c9cc(-c%10ccc%11oc%12ccc(-c%13ccccc%13)cc%12c%11c%10)ccc9oc87)c6c5)cc4c3c2)cc1. The molecule has 13 aromatic rings. The van der Waals surface area contributed by atoms with E-state index in [1.807, 2.05) is 12.1 Å². The lowest BCUT2D eigenvalue weighted by Crippen LogP contribution is -1.79. The molecule has 0 aliphatic carbocycles. The Labute approximate surface area is 331 Å². The first-order valence-corrected chi connectivity index (χ1v) is 19.6. The lowest BCUT2D eigenvalue weighted by Gasteiger charge is -2.04. The highest BCUT2D eigenvalue weighted by Gasteiger charge is 2.17. The normalized spacial score (nSPS) is 12.1. The van der Waals surface area contributed by atoms with Crippen LogP contribution in [0.1, 0.15) is 0 Å². The summed E-state index contributed by atoms with van der Waals surface area (Å²) in [6.07, 6.45) is 0. The molecule has 4 nitrogen and oxygen atoms in total. The Morgan fingerprint density at radius 2 is 0.621 bits per heavy atom. The number of aromatic amines is 1.